The topological polar surface area (TPSA) is 15.3 Å². The Morgan fingerprint density at radius 2 is 2.17 bits per heavy atom. The van der Waals surface area contributed by atoms with E-state index in [2.05, 4.69) is 38.0 Å². The first-order chi connectivity index (χ1) is 5.65. The van der Waals surface area contributed by atoms with Crippen LogP contribution in [-0.4, -0.2) is 37.1 Å². The van der Waals surface area contributed by atoms with Gasteiger partial charge in [0, 0.05) is 25.2 Å². The van der Waals surface area contributed by atoms with Crippen LogP contribution >= 0.6 is 0 Å². The predicted octanol–water partition coefficient (Wildman–Crippen LogP) is 1.32. The molecule has 0 aromatic rings. The van der Waals surface area contributed by atoms with E-state index in [1.54, 1.807) is 0 Å². The number of likely N-dealkylation sites (N-methyl/N-ethyl adjacent to an activating group) is 1. The van der Waals surface area contributed by atoms with Crippen LogP contribution in [0.25, 0.3) is 0 Å². The molecule has 72 valence electrons. The molecule has 1 fully saturated rings. The van der Waals surface area contributed by atoms with Gasteiger partial charge in [0.15, 0.2) is 0 Å². The van der Waals surface area contributed by atoms with Crippen LogP contribution in [0.1, 0.15) is 27.2 Å². The highest BCUT2D eigenvalue weighted by atomic mass is 15.2. The van der Waals surface area contributed by atoms with Crippen molar-refractivity contribution in [1.29, 1.82) is 0 Å². The zero-order chi connectivity index (χ0) is 9.14. The van der Waals surface area contributed by atoms with Crippen LogP contribution in [0.2, 0.25) is 0 Å². The fourth-order valence-electron chi connectivity index (χ4n) is 2.01. The van der Waals surface area contributed by atoms with E-state index in [0.29, 0.717) is 6.04 Å². The standard InChI is InChI=1S/C10H22N2/c1-5-9-7-12(4)10(6-11-9)8(2)3/h8-11H,5-7H2,1-4H3. The Balaban J connectivity index is 2.42. The molecular weight excluding hydrogens is 148 g/mol. The summed E-state index contributed by atoms with van der Waals surface area (Å²) in [6, 6.07) is 1.44. The number of hydrogen-bond acceptors (Lipinski definition) is 2. The van der Waals surface area contributed by atoms with E-state index in [4.69, 9.17) is 0 Å². The van der Waals surface area contributed by atoms with Crippen LogP contribution < -0.4 is 5.32 Å². The maximum Gasteiger partial charge on any atom is 0.0241 e. The van der Waals surface area contributed by atoms with Crippen molar-refractivity contribution in [2.24, 2.45) is 5.92 Å². The fourth-order valence-corrected chi connectivity index (χ4v) is 2.01. The molecule has 0 radical (unpaired) electrons. The lowest BCUT2D eigenvalue weighted by Gasteiger charge is -2.40. The molecule has 0 bridgehead atoms. The van der Waals surface area contributed by atoms with Crippen molar-refractivity contribution < 1.29 is 0 Å². The van der Waals surface area contributed by atoms with Gasteiger partial charge in [0.25, 0.3) is 0 Å². The molecule has 1 rings (SSSR count). The van der Waals surface area contributed by atoms with E-state index < -0.39 is 0 Å². The van der Waals surface area contributed by atoms with Crippen LogP contribution in [0.5, 0.6) is 0 Å². The predicted molar refractivity (Wildman–Crippen MR) is 53.3 cm³/mol. The Morgan fingerprint density at radius 1 is 1.50 bits per heavy atom. The van der Waals surface area contributed by atoms with Crippen LogP contribution in [0.3, 0.4) is 0 Å². The first-order valence-electron chi connectivity index (χ1n) is 5.08. The lowest BCUT2D eigenvalue weighted by atomic mass is 9.98. The first kappa shape index (κ1) is 10.0. The van der Waals surface area contributed by atoms with Gasteiger partial charge in [0.1, 0.15) is 0 Å². The normalized spacial score (nSPS) is 32.8. The summed E-state index contributed by atoms with van der Waals surface area (Å²) in [6.45, 7) is 9.22. The van der Waals surface area contributed by atoms with Crippen LogP contribution in [0.15, 0.2) is 0 Å². The minimum Gasteiger partial charge on any atom is -0.311 e. The molecule has 0 aliphatic carbocycles. The van der Waals surface area contributed by atoms with Gasteiger partial charge >= 0.3 is 0 Å². The third-order valence-electron chi connectivity index (χ3n) is 2.95. The minimum absolute atomic E-state index is 0.713. The third-order valence-corrected chi connectivity index (χ3v) is 2.95. The Kier molecular flexibility index (Phi) is 3.53. The Bertz CT molecular complexity index is 134. The van der Waals surface area contributed by atoms with Gasteiger partial charge in [0.05, 0.1) is 0 Å². The summed E-state index contributed by atoms with van der Waals surface area (Å²) >= 11 is 0. The number of piperazine rings is 1. The summed E-state index contributed by atoms with van der Waals surface area (Å²) < 4.78 is 0. The molecule has 1 saturated heterocycles. The molecule has 2 heteroatoms. The van der Waals surface area contributed by atoms with Gasteiger partial charge in [-0.15, -0.1) is 0 Å². The number of nitrogens with zero attached hydrogens (tertiary/aromatic N) is 1. The molecule has 0 aromatic heterocycles. The largest absolute Gasteiger partial charge is 0.311 e. The summed E-state index contributed by atoms with van der Waals surface area (Å²) in [5.74, 6) is 0.764. The van der Waals surface area contributed by atoms with Crippen LogP contribution in [-0.2, 0) is 0 Å². The highest BCUT2D eigenvalue weighted by Gasteiger charge is 2.25. The molecule has 2 nitrogen and oxygen atoms in total. The number of hydrogen-bond donors (Lipinski definition) is 1. The Morgan fingerprint density at radius 3 is 2.58 bits per heavy atom. The molecule has 1 aliphatic rings. The van der Waals surface area contributed by atoms with Crippen LogP contribution in [0.4, 0.5) is 0 Å². The lowest BCUT2D eigenvalue weighted by molar-refractivity contribution is 0.126. The van der Waals surface area contributed by atoms with Gasteiger partial charge in [-0.3, -0.25) is 0 Å². The second-order valence-corrected chi connectivity index (χ2v) is 4.26. The molecule has 1 heterocycles. The summed E-state index contributed by atoms with van der Waals surface area (Å²) in [5.41, 5.74) is 0. The molecular formula is C10H22N2. The number of rotatable bonds is 2. The van der Waals surface area contributed by atoms with Crippen molar-refractivity contribution in [3.8, 4) is 0 Å². The second-order valence-electron chi connectivity index (χ2n) is 4.26. The van der Waals surface area contributed by atoms with Gasteiger partial charge in [-0.1, -0.05) is 20.8 Å². The van der Waals surface area contributed by atoms with E-state index in [9.17, 15) is 0 Å². The highest BCUT2D eigenvalue weighted by Crippen LogP contribution is 2.13. The van der Waals surface area contributed by atoms with E-state index in [1.165, 1.54) is 13.0 Å². The van der Waals surface area contributed by atoms with E-state index in [0.717, 1.165) is 18.5 Å². The molecule has 1 N–H and O–H groups in total. The molecule has 1 aliphatic heterocycles. The van der Waals surface area contributed by atoms with E-state index in [-0.39, 0.29) is 0 Å². The van der Waals surface area contributed by atoms with E-state index in [1.807, 2.05) is 0 Å². The summed E-state index contributed by atoms with van der Waals surface area (Å²) in [6.07, 6.45) is 1.25. The average molecular weight is 170 g/mol. The van der Waals surface area contributed by atoms with Crippen molar-refractivity contribution >= 4 is 0 Å². The molecule has 0 spiro atoms. The highest BCUT2D eigenvalue weighted by molar-refractivity contribution is 4.85. The lowest BCUT2D eigenvalue weighted by Crippen LogP contribution is -2.56. The molecule has 2 atom stereocenters. The SMILES string of the molecule is CCC1CN(C)C(C(C)C)CN1. The Labute approximate surface area is 76.3 Å². The van der Waals surface area contributed by atoms with Gasteiger partial charge in [-0.05, 0) is 19.4 Å². The summed E-state index contributed by atoms with van der Waals surface area (Å²) in [5, 5.41) is 3.59. The van der Waals surface area contributed by atoms with Crippen molar-refractivity contribution in [3.63, 3.8) is 0 Å². The average Bonchev–Trinajstić information content (AvgIpc) is 2.03. The maximum atomic E-state index is 3.59. The number of nitrogens with one attached hydrogen (secondary N) is 1. The van der Waals surface area contributed by atoms with Crippen molar-refractivity contribution in [1.82, 2.24) is 10.2 Å². The quantitative estimate of drug-likeness (QED) is 0.672. The van der Waals surface area contributed by atoms with Gasteiger partial charge in [0.2, 0.25) is 0 Å². The smallest absolute Gasteiger partial charge is 0.0241 e. The van der Waals surface area contributed by atoms with Crippen LogP contribution in [0, 0.1) is 5.92 Å². The van der Waals surface area contributed by atoms with Crippen molar-refractivity contribution in [3.05, 3.63) is 0 Å². The van der Waals surface area contributed by atoms with Gasteiger partial charge in [-0.25, -0.2) is 0 Å². The monoisotopic (exact) mass is 170 g/mol. The molecule has 0 aromatic carbocycles. The maximum absolute atomic E-state index is 3.59. The Hall–Kier alpha value is -0.0800. The molecule has 2 unspecified atom stereocenters. The zero-order valence-corrected chi connectivity index (χ0v) is 8.80. The minimum atomic E-state index is 0.713. The molecule has 12 heavy (non-hydrogen) atoms. The first-order valence-corrected chi connectivity index (χ1v) is 5.08. The summed E-state index contributed by atoms with van der Waals surface area (Å²) in [4.78, 5) is 2.50. The second kappa shape index (κ2) is 4.24. The fraction of sp³-hybridized carbons (Fsp3) is 1.00. The van der Waals surface area contributed by atoms with Crippen molar-refractivity contribution in [2.75, 3.05) is 20.1 Å². The zero-order valence-electron chi connectivity index (χ0n) is 8.80. The van der Waals surface area contributed by atoms with E-state index >= 15 is 0 Å². The third kappa shape index (κ3) is 2.20. The molecule has 0 amide bonds. The summed E-state index contributed by atoms with van der Waals surface area (Å²) in [7, 11) is 2.24. The van der Waals surface area contributed by atoms with Crippen molar-refractivity contribution in [2.45, 2.75) is 39.3 Å². The van der Waals surface area contributed by atoms with Gasteiger partial charge < -0.3 is 10.2 Å². The van der Waals surface area contributed by atoms with Gasteiger partial charge in [-0.2, -0.15) is 0 Å². The molecule has 0 saturated carbocycles.